The number of nitrogens with one attached hydrogen (secondary N) is 1. The van der Waals surface area contributed by atoms with Crippen molar-refractivity contribution in [2.75, 3.05) is 11.9 Å². The molecule has 0 saturated carbocycles. The van der Waals surface area contributed by atoms with Crippen LogP contribution in [-0.2, 0) is 7.05 Å². The van der Waals surface area contributed by atoms with Crippen LogP contribution in [0.2, 0.25) is 0 Å². The van der Waals surface area contributed by atoms with E-state index < -0.39 is 0 Å². The normalized spacial score (nSPS) is 11.5. The molecule has 4 aromatic rings. The molecule has 170 valence electrons. The molecule has 0 aliphatic heterocycles. The molecule has 0 aliphatic carbocycles. The molecule has 33 heavy (non-hydrogen) atoms. The van der Waals surface area contributed by atoms with Gasteiger partial charge >= 0.3 is 0 Å². The maximum Gasteiger partial charge on any atom is 0.263 e. The summed E-state index contributed by atoms with van der Waals surface area (Å²) < 4.78 is 14.9. The number of aromatic nitrogens is 3. The van der Waals surface area contributed by atoms with E-state index >= 15 is 0 Å². The number of hydrogen-bond donors (Lipinski definition) is 2. The van der Waals surface area contributed by atoms with Gasteiger partial charge in [0.15, 0.2) is 0 Å². The molecule has 0 fully saturated rings. The van der Waals surface area contributed by atoms with Crippen LogP contribution in [0.5, 0.6) is 0 Å². The lowest BCUT2D eigenvalue weighted by Crippen LogP contribution is -2.26. The monoisotopic (exact) mass is 465 g/mol. The van der Waals surface area contributed by atoms with E-state index in [1.165, 1.54) is 16.7 Å². The quantitative estimate of drug-likeness (QED) is 0.417. The number of nitrogens with zero attached hydrogens (tertiary/aromatic N) is 3. The standard InChI is InChI=1S/C25H24FN5O.ClH/c1-31-24(32)22(18-7-9-20(26)10-8-18)23(19-11-14-28-15-12-19)30-25(31)29-16-13-21(27)17-5-3-2-4-6-17;/h2-12,14-15,21H,13,16,27H2,1H3,(H,29,30);1H/t21-;/m0./s1. The molecule has 0 bridgehead atoms. The fraction of sp³-hybridized carbons (Fsp3) is 0.160. The van der Waals surface area contributed by atoms with E-state index in [0.29, 0.717) is 35.7 Å². The van der Waals surface area contributed by atoms with Crippen LogP contribution in [0.3, 0.4) is 0 Å². The van der Waals surface area contributed by atoms with E-state index in [4.69, 9.17) is 10.7 Å². The van der Waals surface area contributed by atoms with Gasteiger partial charge < -0.3 is 11.1 Å². The highest BCUT2D eigenvalue weighted by Gasteiger charge is 2.18. The Morgan fingerprint density at radius 3 is 2.33 bits per heavy atom. The first-order valence-electron chi connectivity index (χ1n) is 10.4. The molecular formula is C25H25ClFN5O. The summed E-state index contributed by atoms with van der Waals surface area (Å²) in [5.41, 5.74) is 9.39. The van der Waals surface area contributed by atoms with E-state index in [1.807, 2.05) is 30.3 Å². The van der Waals surface area contributed by atoms with Gasteiger partial charge in [-0.3, -0.25) is 14.3 Å². The average molecular weight is 466 g/mol. The number of halogens is 2. The van der Waals surface area contributed by atoms with Gasteiger partial charge in [-0.15, -0.1) is 12.4 Å². The Labute approximate surface area is 197 Å². The van der Waals surface area contributed by atoms with Crippen LogP contribution in [0.15, 0.2) is 83.9 Å². The van der Waals surface area contributed by atoms with Crippen LogP contribution in [0.1, 0.15) is 18.0 Å². The first-order valence-corrected chi connectivity index (χ1v) is 10.4. The average Bonchev–Trinajstić information content (AvgIpc) is 2.83. The van der Waals surface area contributed by atoms with E-state index in [1.54, 1.807) is 43.7 Å². The SMILES string of the molecule is Cl.Cn1c(NCC[C@H](N)c2ccccc2)nc(-c2ccncc2)c(-c2ccc(F)cc2)c1=O. The molecule has 0 saturated heterocycles. The smallest absolute Gasteiger partial charge is 0.263 e. The molecule has 1 atom stereocenters. The Morgan fingerprint density at radius 1 is 1.00 bits per heavy atom. The zero-order valence-electron chi connectivity index (χ0n) is 18.1. The predicted octanol–water partition coefficient (Wildman–Crippen LogP) is 4.57. The zero-order valence-corrected chi connectivity index (χ0v) is 18.9. The molecule has 0 amide bonds. The largest absolute Gasteiger partial charge is 0.355 e. The third-order valence-electron chi connectivity index (χ3n) is 5.34. The van der Waals surface area contributed by atoms with Crippen molar-refractivity contribution in [2.24, 2.45) is 12.8 Å². The summed E-state index contributed by atoms with van der Waals surface area (Å²) in [6, 6.07) is 19.2. The third-order valence-corrected chi connectivity index (χ3v) is 5.34. The Balaban J connectivity index is 0.00000306. The zero-order chi connectivity index (χ0) is 22.5. The number of hydrogen-bond acceptors (Lipinski definition) is 5. The maximum atomic E-state index is 13.5. The van der Waals surface area contributed by atoms with Crippen molar-refractivity contribution in [3.05, 3.63) is 101 Å². The molecule has 2 heterocycles. The highest BCUT2D eigenvalue weighted by atomic mass is 35.5. The Bertz CT molecular complexity index is 1250. The molecule has 2 aromatic carbocycles. The molecule has 2 aromatic heterocycles. The number of rotatable bonds is 7. The fourth-order valence-electron chi connectivity index (χ4n) is 3.56. The first-order chi connectivity index (χ1) is 15.5. The molecule has 6 nitrogen and oxygen atoms in total. The second-order valence-corrected chi connectivity index (χ2v) is 7.50. The summed E-state index contributed by atoms with van der Waals surface area (Å²) >= 11 is 0. The van der Waals surface area contributed by atoms with Gasteiger partial charge in [0.05, 0.1) is 11.3 Å². The molecule has 8 heteroatoms. The lowest BCUT2D eigenvalue weighted by molar-refractivity contribution is 0.628. The van der Waals surface area contributed by atoms with Crippen LogP contribution in [0.25, 0.3) is 22.4 Å². The predicted molar refractivity (Wildman–Crippen MR) is 132 cm³/mol. The van der Waals surface area contributed by atoms with Crippen molar-refractivity contribution in [1.29, 1.82) is 0 Å². The Morgan fingerprint density at radius 2 is 1.67 bits per heavy atom. The minimum absolute atomic E-state index is 0. The van der Waals surface area contributed by atoms with Gasteiger partial charge in [-0.1, -0.05) is 42.5 Å². The van der Waals surface area contributed by atoms with Gasteiger partial charge in [0.1, 0.15) is 5.82 Å². The van der Waals surface area contributed by atoms with E-state index in [2.05, 4.69) is 10.3 Å². The van der Waals surface area contributed by atoms with Crippen LogP contribution in [0, 0.1) is 5.82 Å². The first kappa shape index (κ1) is 24.1. The summed E-state index contributed by atoms with van der Waals surface area (Å²) in [5, 5.41) is 3.25. The third kappa shape index (κ3) is 5.45. The summed E-state index contributed by atoms with van der Waals surface area (Å²) in [5.74, 6) is 0.0740. The van der Waals surface area contributed by atoms with Crippen molar-refractivity contribution >= 4 is 18.4 Å². The number of anilines is 1. The second kappa shape index (κ2) is 10.8. The highest BCUT2D eigenvalue weighted by Crippen LogP contribution is 2.28. The molecular weight excluding hydrogens is 441 g/mol. The van der Waals surface area contributed by atoms with Gasteiger partial charge in [-0.2, -0.15) is 0 Å². The molecule has 0 unspecified atom stereocenters. The van der Waals surface area contributed by atoms with Crippen LogP contribution < -0.4 is 16.6 Å². The lowest BCUT2D eigenvalue weighted by Gasteiger charge is -2.17. The second-order valence-electron chi connectivity index (χ2n) is 7.50. The van der Waals surface area contributed by atoms with E-state index in [0.717, 1.165) is 11.1 Å². The van der Waals surface area contributed by atoms with Crippen molar-refractivity contribution in [3.8, 4) is 22.4 Å². The van der Waals surface area contributed by atoms with Crippen LogP contribution in [0.4, 0.5) is 10.3 Å². The molecule has 4 rings (SSSR count). The molecule has 3 N–H and O–H groups in total. The number of benzene rings is 2. The van der Waals surface area contributed by atoms with Crippen molar-refractivity contribution in [2.45, 2.75) is 12.5 Å². The summed E-state index contributed by atoms with van der Waals surface area (Å²) in [6.07, 6.45) is 3.97. The van der Waals surface area contributed by atoms with E-state index in [9.17, 15) is 9.18 Å². The van der Waals surface area contributed by atoms with Gasteiger partial charge in [0.2, 0.25) is 5.95 Å². The van der Waals surface area contributed by atoms with Crippen molar-refractivity contribution in [1.82, 2.24) is 14.5 Å². The van der Waals surface area contributed by atoms with Gasteiger partial charge in [0, 0.05) is 37.6 Å². The van der Waals surface area contributed by atoms with E-state index in [-0.39, 0.29) is 29.8 Å². The minimum Gasteiger partial charge on any atom is -0.355 e. The van der Waals surface area contributed by atoms with Crippen molar-refractivity contribution in [3.63, 3.8) is 0 Å². The summed E-state index contributed by atoms with van der Waals surface area (Å²) in [7, 11) is 1.66. The maximum absolute atomic E-state index is 13.5. The molecule has 0 aliphatic rings. The Hall–Kier alpha value is -3.55. The van der Waals surface area contributed by atoms with Gasteiger partial charge in [-0.05, 0) is 41.8 Å². The van der Waals surface area contributed by atoms with Gasteiger partial charge in [0.25, 0.3) is 5.56 Å². The highest BCUT2D eigenvalue weighted by molar-refractivity contribution is 5.85. The van der Waals surface area contributed by atoms with Crippen LogP contribution in [-0.4, -0.2) is 21.1 Å². The van der Waals surface area contributed by atoms with Crippen LogP contribution >= 0.6 is 12.4 Å². The molecule has 0 spiro atoms. The summed E-state index contributed by atoms with van der Waals surface area (Å²) in [6.45, 7) is 0.544. The van der Waals surface area contributed by atoms with Crippen molar-refractivity contribution < 1.29 is 4.39 Å². The summed E-state index contributed by atoms with van der Waals surface area (Å²) in [4.78, 5) is 22.2. The number of pyridine rings is 1. The Kier molecular flexibility index (Phi) is 7.92. The van der Waals surface area contributed by atoms with Gasteiger partial charge in [-0.25, -0.2) is 9.37 Å². The minimum atomic E-state index is -0.364. The lowest BCUT2D eigenvalue weighted by atomic mass is 10.0. The molecule has 0 radical (unpaired) electrons. The fourth-order valence-corrected chi connectivity index (χ4v) is 3.56. The number of nitrogens with two attached hydrogens (primary N) is 1. The topological polar surface area (TPSA) is 85.8 Å².